The zero-order valence-electron chi connectivity index (χ0n) is 13.3. The number of anilines is 1. The van der Waals surface area contributed by atoms with Gasteiger partial charge in [0.2, 0.25) is 0 Å². The van der Waals surface area contributed by atoms with Crippen molar-refractivity contribution in [2.45, 2.75) is 18.4 Å². The van der Waals surface area contributed by atoms with Crippen LogP contribution in [-0.2, 0) is 5.54 Å². The molecule has 0 radical (unpaired) electrons. The number of hydrogen-bond donors (Lipinski definition) is 2. The molecule has 2 amide bonds. The monoisotopic (exact) mass is 346 g/mol. The van der Waals surface area contributed by atoms with Gasteiger partial charge in [-0.15, -0.1) is 0 Å². The molecule has 1 aliphatic heterocycles. The third-order valence-electron chi connectivity index (χ3n) is 4.40. The number of halogens is 2. The Morgan fingerprint density at radius 1 is 1.00 bits per heavy atom. The molecule has 0 aromatic heterocycles. The molecular formula is C18H16F2N2O3. The lowest BCUT2D eigenvalue weighted by Gasteiger charge is -2.23. The van der Waals surface area contributed by atoms with E-state index in [1.165, 1.54) is 6.07 Å². The van der Waals surface area contributed by atoms with E-state index in [0.717, 1.165) is 30.5 Å². The van der Waals surface area contributed by atoms with Crippen LogP contribution in [0, 0.1) is 11.6 Å². The first-order chi connectivity index (χ1) is 12.1. The van der Waals surface area contributed by atoms with E-state index in [1.54, 1.807) is 6.07 Å². The van der Waals surface area contributed by atoms with E-state index in [0.29, 0.717) is 24.7 Å². The number of nitrogens with one attached hydrogen (secondary N) is 2. The summed E-state index contributed by atoms with van der Waals surface area (Å²) in [6.45, 7) is 0.982. The molecule has 1 fully saturated rings. The number of ether oxygens (including phenoxy) is 2. The molecule has 0 saturated heterocycles. The molecule has 2 aromatic carbocycles. The second-order valence-corrected chi connectivity index (χ2v) is 6.12. The molecule has 2 N–H and O–H groups in total. The van der Waals surface area contributed by atoms with Gasteiger partial charge in [-0.1, -0.05) is 12.1 Å². The molecule has 5 nitrogen and oxygen atoms in total. The maximum Gasteiger partial charge on any atom is 0.320 e. The van der Waals surface area contributed by atoms with Crippen molar-refractivity contribution < 1.29 is 23.0 Å². The van der Waals surface area contributed by atoms with E-state index in [-0.39, 0.29) is 0 Å². The Morgan fingerprint density at radius 3 is 2.36 bits per heavy atom. The quantitative estimate of drug-likeness (QED) is 0.894. The number of fused-ring (bicyclic) bond motifs is 1. The third-order valence-corrected chi connectivity index (χ3v) is 4.40. The van der Waals surface area contributed by atoms with Gasteiger partial charge in [0.05, 0.1) is 5.54 Å². The number of para-hydroxylation sites is 1. The van der Waals surface area contributed by atoms with Gasteiger partial charge in [-0.3, -0.25) is 0 Å². The number of carbonyl (C=O) groups is 1. The van der Waals surface area contributed by atoms with Crippen molar-refractivity contribution in [3.05, 3.63) is 53.6 Å². The van der Waals surface area contributed by atoms with Crippen LogP contribution < -0.4 is 20.1 Å². The molecule has 4 rings (SSSR count). The van der Waals surface area contributed by atoms with E-state index in [1.807, 2.05) is 12.1 Å². The standard InChI is InChI=1S/C18H16F2N2O3/c19-12-2-1-3-13(20)16(12)21-17(23)22-18(6-7-18)11-4-5-14-15(10-11)25-9-8-24-14/h1-5,10H,6-9H2,(H2,21,22,23). The minimum Gasteiger partial charge on any atom is -0.486 e. The summed E-state index contributed by atoms with van der Waals surface area (Å²) in [4.78, 5) is 12.2. The van der Waals surface area contributed by atoms with Crippen molar-refractivity contribution in [2.24, 2.45) is 0 Å². The highest BCUT2D eigenvalue weighted by atomic mass is 19.1. The molecule has 0 unspecified atom stereocenters. The fourth-order valence-corrected chi connectivity index (χ4v) is 2.93. The number of benzene rings is 2. The summed E-state index contributed by atoms with van der Waals surface area (Å²) in [5, 5.41) is 5.06. The lowest BCUT2D eigenvalue weighted by molar-refractivity contribution is 0.171. The van der Waals surface area contributed by atoms with Crippen LogP contribution in [-0.4, -0.2) is 19.2 Å². The van der Waals surface area contributed by atoms with Crippen molar-refractivity contribution in [3.8, 4) is 11.5 Å². The molecule has 0 atom stereocenters. The summed E-state index contributed by atoms with van der Waals surface area (Å²) in [6.07, 6.45) is 1.47. The summed E-state index contributed by atoms with van der Waals surface area (Å²) in [5.41, 5.74) is -0.138. The van der Waals surface area contributed by atoms with Gasteiger partial charge in [0, 0.05) is 0 Å². The van der Waals surface area contributed by atoms with Gasteiger partial charge in [-0.05, 0) is 42.7 Å². The molecule has 2 aliphatic rings. The SMILES string of the molecule is O=C(Nc1c(F)cccc1F)NC1(c2ccc3c(c2)OCCO3)CC1. The maximum atomic E-state index is 13.7. The fraction of sp³-hybridized carbons (Fsp3) is 0.278. The Hall–Kier alpha value is -2.83. The first-order valence-electron chi connectivity index (χ1n) is 8.01. The molecule has 25 heavy (non-hydrogen) atoms. The van der Waals surface area contributed by atoms with E-state index < -0.39 is 28.9 Å². The highest BCUT2D eigenvalue weighted by Gasteiger charge is 2.46. The summed E-state index contributed by atoms with van der Waals surface area (Å²) in [6, 6.07) is 8.27. The predicted molar refractivity (Wildman–Crippen MR) is 86.9 cm³/mol. The number of amides is 2. The second-order valence-electron chi connectivity index (χ2n) is 6.12. The Kier molecular flexibility index (Phi) is 3.71. The van der Waals surface area contributed by atoms with Gasteiger partial charge >= 0.3 is 6.03 Å². The normalized spacial score (nSPS) is 16.9. The molecule has 7 heteroatoms. The Balaban J connectivity index is 1.51. The fourth-order valence-electron chi connectivity index (χ4n) is 2.93. The highest BCUT2D eigenvalue weighted by Crippen LogP contribution is 2.47. The largest absolute Gasteiger partial charge is 0.486 e. The smallest absolute Gasteiger partial charge is 0.320 e. The van der Waals surface area contributed by atoms with Gasteiger partial charge in [-0.25, -0.2) is 13.6 Å². The van der Waals surface area contributed by atoms with Gasteiger partial charge in [0.25, 0.3) is 0 Å². The Bertz CT molecular complexity index is 817. The van der Waals surface area contributed by atoms with Crippen LogP contribution in [0.2, 0.25) is 0 Å². The number of hydrogen-bond acceptors (Lipinski definition) is 3. The predicted octanol–water partition coefficient (Wildman–Crippen LogP) is 3.55. The molecule has 1 aliphatic carbocycles. The van der Waals surface area contributed by atoms with Crippen LogP contribution in [0.4, 0.5) is 19.3 Å². The van der Waals surface area contributed by atoms with E-state index in [9.17, 15) is 13.6 Å². The lowest BCUT2D eigenvalue weighted by Crippen LogP contribution is -2.38. The molecule has 130 valence electrons. The maximum absolute atomic E-state index is 13.7. The molecular weight excluding hydrogens is 330 g/mol. The van der Waals surface area contributed by atoms with Crippen LogP contribution in [0.3, 0.4) is 0 Å². The zero-order chi connectivity index (χ0) is 17.4. The number of urea groups is 1. The summed E-state index contributed by atoms with van der Waals surface area (Å²) >= 11 is 0. The van der Waals surface area contributed by atoms with Crippen molar-refractivity contribution >= 4 is 11.7 Å². The molecule has 2 aromatic rings. The highest BCUT2D eigenvalue weighted by molar-refractivity contribution is 5.90. The van der Waals surface area contributed by atoms with E-state index >= 15 is 0 Å². The van der Waals surface area contributed by atoms with Crippen molar-refractivity contribution in [2.75, 3.05) is 18.5 Å². The lowest BCUT2D eigenvalue weighted by atomic mass is 10.0. The molecule has 0 bridgehead atoms. The minimum atomic E-state index is -0.820. The molecule has 0 spiro atoms. The topological polar surface area (TPSA) is 59.6 Å². The van der Waals surface area contributed by atoms with Gasteiger partial charge in [-0.2, -0.15) is 0 Å². The van der Waals surface area contributed by atoms with Crippen LogP contribution in [0.5, 0.6) is 11.5 Å². The number of carbonyl (C=O) groups excluding carboxylic acids is 1. The third kappa shape index (κ3) is 2.97. The van der Waals surface area contributed by atoms with Crippen LogP contribution in [0.1, 0.15) is 18.4 Å². The molecule has 1 heterocycles. The summed E-state index contributed by atoms with van der Waals surface area (Å²) < 4.78 is 38.4. The Morgan fingerprint density at radius 2 is 1.68 bits per heavy atom. The van der Waals surface area contributed by atoms with Crippen LogP contribution >= 0.6 is 0 Å². The van der Waals surface area contributed by atoms with Gasteiger partial charge in [0.1, 0.15) is 30.5 Å². The van der Waals surface area contributed by atoms with E-state index in [4.69, 9.17) is 9.47 Å². The van der Waals surface area contributed by atoms with Gasteiger partial charge < -0.3 is 20.1 Å². The first-order valence-corrected chi connectivity index (χ1v) is 8.01. The first kappa shape index (κ1) is 15.7. The minimum absolute atomic E-state index is 0.460. The number of rotatable bonds is 3. The van der Waals surface area contributed by atoms with Crippen molar-refractivity contribution in [1.29, 1.82) is 0 Å². The van der Waals surface area contributed by atoms with Crippen LogP contribution in [0.15, 0.2) is 36.4 Å². The second kappa shape index (κ2) is 5.91. The average molecular weight is 346 g/mol. The van der Waals surface area contributed by atoms with Crippen LogP contribution in [0.25, 0.3) is 0 Å². The van der Waals surface area contributed by atoms with Gasteiger partial charge in [0.15, 0.2) is 11.5 Å². The Labute approximate surface area is 142 Å². The molecule has 1 saturated carbocycles. The average Bonchev–Trinajstić information content (AvgIpc) is 3.38. The van der Waals surface area contributed by atoms with Crippen molar-refractivity contribution in [1.82, 2.24) is 5.32 Å². The zero-order valence-corrected chi connectivity index (χ0v) is 13.3. The van der Waals surface area contributed by atoms with E-state index in [2.05, 4.69) is 10.6 Å². The van der Waals surface area contributed by atoms with Crippen molar-refractivity contribution in [3.63, 3.8) is 0 Å². The summed E-state index contributed by atoms with van der Waals surface area (Å²) in [7, 11) is 0. The summed E-state index contributed by atoms with van der Waals surface area (Å²) in [5.74, 6) is -0.334.